The summed E-state index contributed by atoms with van der Waals surface area (Å²) >= 11 is 1.59. The lowest BCUT2D eigenvalue weighted by Gasteiger charge is -2.06. The molecule has 0 aliphatic rings. The third kappa shape index (κ3) is 5.06. The number of amides is 1. The Morgan fingerprint density at radius 2 is 2.05 bits per heavy atom. The molecule has 4 nitrogen and oxygen atoms in total. The van der Waals surface area contributed by atoms with Crippen molar-refractivity contribution in [1.82, 2.24) is 10.3 Å². The molecule has 0 radical (unpaired) electrons. The highest BCUT2D eigenvalue weighted by atomic mass is 35.5. The van der Waals surface area contributed by atoms with E-state index in [0.29, 0.717) is 17.8 Å². The standard InChI is InChI=1S/C12H13N3OS.2ClH/c13-10-4-2-1-3-9(10)12(16)15-6-5-11-14-7-8-17-11;;/h1-4,7-8H,5-6,13H2,(H,15,16);2*1H. The van der Waals surface area contributed by atoms with E-state index in [-0.39, 0.29) is 30.7 Å². The summed E-state index contributed by atoms with van der Waals surface area (Å²) in [5.74, 6) is -0.139. The van der Waals surface area contributed by atoms with Crippen LogP contribution in [0.4, 0.5) is 5.69 Å². The van der Waals surface area contributed by atoms with Crippen molar-refractivity contribution < 1.29 is 4.79 Å². The van der Waals surface area contributed by atoms with Crippen LogP contribution in [0.25, 0.3) is 0 Å². The first kappa shape index (κ1) is 17.7. The highest BCUT2D eigenvalue weighted by molar-refractivity contribution is 7.09. The molecule has 0 spiro atoms. The van der Waals surface area contributed by atoms with E-state index in [1.54, 1.807) is 35.7 Å². The maximum absolute atomic E-state index is 11.8. The van der Waals surface area contributed by atoms with Crippen LogP contribution < -0.4 is 11.1 Å². The molecule has 1 aromatic heterocycles. The Hall–Kier alpha value is -1.30. The van der Waals surface area contributed by atoms with Gasteiger partial charge in [-0.2, -0.15) is 0 Å². The normalized spacial score (nSPS) is 9.05. The number of thiazole rings is 1. The van der Waals surface area contributed by atoms with Gasteiger partial charge in [0.15, 0.2) is 0 Å². The van der Waals surface area contributed by atoms with Gasteiger partial charge >= 0.3 is 0 Å². The quantitative estimate of drug-likeness (QED) is 0.851. The van der Waals surface area contributed by atoms with Gasteiger partial charge in [0.25, 0.3) is 5.91 Å². The highest BCUT2D eigenvalue weighted by Crippen LogP contribution is 2.10. The highest BCUT2D eigenvalue weighted by Gasteiger charge is 2.07. The first-order valence-corrected chi connectivity index (χ1v) is 6.16. The molecular weight excluding hydrogens is 305 g/mol. The van der Waals surface area contributed by atoms with Crippen LogP contribution in [-0.2, 0) is 6.42 Å². The molecule has 104 valence electrons. The molecule has 0 aliphatic carbocycles. The second kappa shape index (κ2) is 8.74. The van der Waals surface area contributed by atoms with Crippen LogP contribution in [0.2, 0.25) is 0 Å². The lowest BCUT2D eigenvalue weighted by Crippen LogP contribution is -2.26. The van der Waals surface area contributed by atoms with Crippen molar-refractivity contribution in [3.8, 4) is 0 Å². The van der Waals surface area contributed by atoms with Crippen molar-refractivity contribution in [2.45, 2.75) is 6.42 Å². The van der Waals surface area contributed by atoms with Gasteiger partial charge in [-0.3, -0.25) is 4.79 Å². The van der Waals surface area contributed by atoms with Gasteiger partial charge < -0.3 is 11.1 Å². The summed E-state index contributed by atoms with van der Waals surface area (Å²) in [4.78, 5) is 15.9. The van der Waals surface area contributed by atoms with Crippen LogP contribution in [0.1, 0.15) is 15.4 Å². The molecule has 1 amide bonds. The second-order valence-corrected chi connectivity index (χ2v) is 4.50. The zero-order valence-electron chi connectivity index (χ0n) is 10.0. The number of nitrogen functional groups attached to an aromatic ring is 1. The molecule has 2 aromatic rings. The van der Waals surface area contributed by atoms with E-state index in [1.165, 1.54) is 0 Å². The van der Waals surface area contributed by atoms with Gasteiger partial charge in [-0.25, -0.2) is 4.98 Å². The Morgan fingerprint density at radius 1 is 1.32 bits per heavy atom. The molecule has 1 heterocycles. The zero-order valence-corrected chi connectivity index (χ0v) is 12.5. The molecule has 0 bridgehead atoms. The van der Waals surface area contributed by atoms with Gasteiger partial charge in [0.2, 0.25) is 0 Å². The van der Waals surface area contributed by atoms with E-state index >= 15 is 0 Å². The van der Waals surface area contributed by atoms with Crippen LogP contribution in [0.15, 0.2) is 35.8 Å². The predicted molar refractivity (Wildman–Crippen MR) is 83.5 cm³/mol. The molecule has 3 N–H and O–H groups in total. The monoisotopic (exact) mass is 319 g/mol. The molecule has 0 aliphatic heterocycles. The molecule has 7 heteroatoms. The van der Waals surface area contributed by atoms with E-state index in [0.717, 1.165) is 11.4 Å². The summed E-state index contributed by atoms with van der Waals surface area (Å²) in [7, 11) is 0. The number of aromatic nitrogens is 1. The Kier molecular flexibility index (Phi) is 8.14. The van der Waals surface area contributed by atoms with E-state index in [4.69, 9.17) is 5.73 Å². The molecule has 0 saturated heterocycles. The average molecular weight is 320 g/mol. The van der Waals surface area contributed by atoms with Crippen molar-refractivity contribution >= 4 is 47.7 Å². The lowest BCUT2D eigenvalue weighted by molar-refractivity contribution is 0.0955. The minimum atomic E-state index is -0.139. The summed E-state index contributed by atoms with van der Waals surface area (Å²) < 4.78 is 0. The minimum absolute atomic E-state index is 0. The van der Waals surface area contributed by atoms with Crippen molar-refractivity contribution in [3.05, 3.63) is 46.4 Å². The number of hydrogen-bond donors (Lipinski definition) is 2. The van der Waals surface area contributed by atoms with Crippen LogP contribution in [0, 0.1) is 0 Å². The molecule has 0 fully saturated rings. The number of nitrogens with one attached hydrogen (secondary N) is 1. The van der Waals surface area contributed by atoms with Crippen molar-refractivity contribution in [2.24, 2.45) is 0 Å². The smallest absolute Gasteiger partial charge is 0.253 e. The second-order valence-electron chi connectivity index (χ2n) is 3.52. The summed E-state index contributed by atoms with van der Waals surface area (Å²) in [5.41, 5.74) is 6.74. The fraction of sp³-hybridized carbons (Fsp3) is 0.167. The Labute approximate surface area is 128 Å². The van der Waals surface area contributed by atoms with E-state index in [2.05, 4.69) is 10.3 Å². The molecule has 0 unspecified atom stereocenters. The number of halogens is 2. The summed E-state index contributed by atoms with van der Waals surface area (Å²) in [6.45, 7) is 0.570. The van der Waals surface area contributed by atoms with Crippen LogP contribution >= 0.6 is 36.2 Å². The van der Waals surface area contributed by atoms with Crippen LogP contribution in [0.5, 0.6) is 0 Å². The molecule has 0 saturated carbocycles. The number of nitrogens with two attached hydrogens (primary N) is 1. The van der Waals surface area contributed by atoms with Crippen LogP contribution in [-0.4, -0.2) is 17.4 Å². The summed E-state index contributed by atoms with van der Waals surface area (Å²) in [6, 6.07) is 7.04. The van der Waals surface area contributed by atoms with Gasteiger partial charge in [0, 0.05) is 30.2 Å². The van der Waals surface area contributed by atoms with E-state index in [9.17, 15) is 4.79 Å². The van der Waals surface area contributed by atoms with Gasteiger partial charge in [-0.1, -0.05) is 12.1 Å². The molecule has 2 rings (SSSR count). The maximum atomic E-state index is 11.8. The number of para-hydroxylation sites is 1. The zero-order chi connectivity index (χ0) is 12.1. The Balaban J connectivity index is 0.00000162. The predicted octanol–water partition coefficient (Wildman–Crippen LogP) is 2.54. The number of carbonyl (C=O) groups excluding carboxylic acids is 1. The minimum Gasteiger partial charge on any atom is -0.398 e. The maximum Gasteiger partial charge on any atom is 0.253 e. The molecule has 1 aromatic carbocycles. The van der Waals surface area contributed by atoms with Crippen LogP contribution in [0.3, 0.4) is 0 Å². The van der Waals surface area contributed by atoms with Gasteiger partial charge in [0.1, 0.15) is 0 Å². The largest absolute Gasteiger partial charge is 0.398 e. The fourth-order valence-electron chi connectivity index (χ4n) is 1.46. The van der Waals surface area contributed by atoms with Crippen molar-refractivity contribution in [2.75, 3.05) is 12.3 Å². The van der Waals surface area contributed by atoms with Crippen molar-refractivity contribution in [1.29, 1.82) is 0 Å². The summed E-state index contributed by atoms with van der Waals surface area (Å²) in [6.07, 6.45) is 2.51. The topological polar surface area (TPSA) is 68.0 Å². The van der Waals surface area contributed by atoms with Gasteiger partial charge in [-0.15, -0.1) is 36.2 Å². The first-order chi connectivity index (χ1) is 8.27. The van der Waals surface area contributed by atoms with Gasteiger partial charge in [-0.05, 0) is 12.1 Å². The molecular formula is C12H15Cl2N3OS. The molecule has 0 atom stereocenters. The number of nitrogens with zero attached hydrogens (tertiary/aromatic N) is 1. The third-order valence-electron chi connectivity index (χ3n) is 2.31. The van der Waals surface area contributed by atoms with Gasteiger partial charge in [0.05, 0.1) is 10.6 Å². The Bertz CT molecular complexity index is 505. The number of benzene rings is 1. The number of anilines is 1. The SMILES string of the molecule is Cl.Cl.Nc1ccccc1C(=O)NCCc1nccs1. The van der Waals surface area contributed by atoms with Crippen molar-refractivity contribution in [3.63, 3.8) is 0 Å². The van der Waals surface area contributed by atoms with E-state index < -0.39 is 0 Å². The van der Waals surface area contributed by atoms with E-state index in [1.807, 2.05) is 11.4 Å². The Morgan fingerprint density at radius 3 is 2.68 bits per heavy atom. The number of rotatable bonds is 4. The number of hydrogen-bond acceptors (Lipinski definition) is 4. The third-order valence-corrected chi connectivity index (χ3v) is 3.15. The first-order valence-electron chi connectivity index (χ1n) is 5.28. The lowest BCUT2D eigenvalue weighted by atomic mass is 10.1. The molecule has 19 heavy (non-hydrogen) atoms. The average Bonchev–Trinajstić information content (AvgIpc) is 2.82. The fourth-order valence-corrected chi connectivity index (χ4v) is 2.08. The summed E-state index contributed by atoms with van der Waals surface area (Å²) in [5, 5.41) is 5.77. The number of carbonyl (C=O) groups is 1.